The predicted molar refractivity (Wildman–Crippen MR) is 95.8 cm³/mol. The zero-order valence-electron chi connectivity index (χ0n) is 14.3. The van der Waals surface area contributed by atoms with E-state index in [9.17, 15) is 4.39 Å². The Morgan fingerprint density at radius 2 is 1.96 bits per heavy atom. The van der Waals surface area contributed by atoms with Gasteiger partial charge in [-0.2, -0.15) is 0 Å². The number of aromatic nitrogens is 6. The van der Waals surface area contributed by atoms with Gasteiger partial charge in [-0.25, -0.2) is 24.3 Å². The first-order valence-corrected chi connectivity index (χ1v) is 8.47. The molecule has 4 rings (SSSR count). The van der Waals surface area contributed by atoms with Gasteiger partial charge in [-0.1, -0.05) is 6.92 Å². The van der Waals surface area contributed by atoms with E-state index >= 15 is 0 Å². The molecule has 4 heterocycles. The molecular formula is C19H17FN6. The largest absolute Gasteiger partial charge is 0.324 e. The summed E-state index contributed by atoms with van der Waals surface area (Å²) in [6.45, 7) is 2.55. The van der Waals surface area contributed by atoms with Gasteiger partial charge in [-0.15, -0.1) is 0 Å². The Balaban J connectivity index is 1.68. The minimum absolute atomic E-state index is 0.228. The van der Waals surface area contributed by atoms with Gasteiger partial charge < -0.3 is 4.57 Å². The fraction of sp³-hybridized carbons (Fsp3) is 0.211. The van der Waals surface area contributed by atoms with Crippen molar-refractivity contribution in [3.63, 3.8) is 0 Å². The van der Waals surface area contributed by atoms with Crippen LogP contribution in [0.4, 0.5) is 4.39 Å². The van der Waals surface area contributed by atoms with Crippen molar-refractivity contribution >= 4 is 10.9 Å². The van der Waals surface area contributed by atoms with Crippen molar-refractivity contribution in [1.82, 2.24) is 29.5 Å². The summed E-state index contributed by atoms with van der Waals surface area (Å²) < 4.78 is 15.9. The summed E-state index contributed by atoms with van der Waals surface area (Å²) >= 11 is 0. The smallest absolute Gasteiger partial charge is 0.162 e. The molecular weight excluding hydrogens is 331 g/mol. The van der Waals surface area contributed by atoms with Gasteiger partial charge in [-0.05, 0) is 24.6 Å². The van der Waals surface area contributed by atoms with E-state index in [-0.39, 0.29) is 5.69 Å². The van der Waals surface area contributed by atoms with E-state index in [4.69, 9.17) is 0 Å². The fourth-order valence-corrected chi connectivity index (χ4v) is 2.81. The molecule has 0 amide bonds. The second-order valence-electron chi connectivity index (χ2n) is 5.98. The third-order valence-corrected chi connectivity index (χ3v) is 4.06. The molecule has 0 fully saturated rings. The molecule has 0 atom stereocenters. The number of hydrogen-bond donors (Lipinski definition) is 0. The molecule has 0 aromatic carbocycles. The van der Waals surface area contributed by atoms with Crippen LogP contribution in [0.1, 0.15) is 24.9 Å². The number of nitrogens with zero attached hydrogens (tertiary/aromatic N) is 6. The fourth-order valence-electron chi connectivity index (χ4n) is 2.81. The van der Waals surface area contributed by atoms with Crippen LogP contribution in [0, 0.1) is 5.82 Å². The maximum atomic E-state index is 14.0. The molecule has 130 valence electrons. The highest BCUT2D eigenvalue weighted by atomic mass is 19.1. The van der Waals surface area contributed by atoms with Crippen molar-refractivity contribution in [3.8, 4) is 11.5 Å². The molecule has 6 nitrogen and oxygen atoms in total. The first-order chi connectivity index (χ1) is 12.7. The lowest BCUT2D eigenvalue weighted by atomic mass is 10.2. The van der Waals surface area contributed by atoms with Crippen molar-refractivity contribution in [2.24, 2.45) is 0 Å². The highest BCUT2D eigenvalue weighted by Crippen LogP contribution is 2.20. The van der Waals surface area contributed by atoms with Crippen molar-refractivity contribution in [3.05, 3.63) is 66.5 Å². The van der Waals surface area contributed by atoms with E-state index in [0.29, 0.717) is 12.4 Å². The molecule has 0 aliphatic rings. The Bertz CT molecular complexity index is 1060. The van der Waals surface area contributed by atoms with Gasteiger partial charge in [0.2, 0.25) is 0 Å². The standard InChI is InChI=1S/C19H17FN6/c1-2-4-17-24-11-13-10-23-14(9-16(13)25-17)12-26-8-7-22-19(26)18-15(20)5-3-6-21-18/h3,5-11H,2,4,12H2,1H3. The number of fused-ring (bicyclic) bond motifs is 1. The zero-order valence-corrected chi connectivity index (χ0v) is 14.3. The number of rotatable bonds is 5. The van der Waals surface area contributed by atoms with Crippen molar-refractivity contribution in [1.29, 1.82) is 0 Å². The molecule has 4 aromatic heterocycles. The first kappa shape index (κ1) is 16.3. The Morgan fingerprint density at radius 1 is 1.08 bits per heavy atom. The van der Waals surface area contributed by atoms with Crippen LogP contribution in [0.5, 0.6) is 0 Å². The summed E-state index contributed by atoms with van der Waals surface area (Å²) in [5, 5.41) is 0.898. The van der Waals surface area contributed by atoms with Crippen molar-refractivity contribution < 1.29 is 4.39 Å². The normalized spacial score (nSPS) is 11.2. The summed E-state index contributed by atoms with van der Waals surface area (Å²) in [6.07, 6.45) is 10.4. The number of aryl methyl sites for hydroxylation is 1. The van der Waals surface area contributed by atoms with Crippen LogP contribution < -0.4 is 0 Å². The molecule has 0 unspecified atom stereocenters. The minimum atomic E-state index is -0.400. The van der Waals surface area contributed by atoms with Crippen LogP contribution in [0.2, 0.25) is 0 Å². The first-order valence-electron chi connectivity index (χ1n) is 8.47. The van der Waals surface area contributed by atoms with E-state index in [2.05, 4.69) is 31.8 Å². The summed E-state index contributed by atoms with van der Waals surface area (Å²) in [5.41, 5.74) is 1.90. The lowest BCUT2D eigenvalue weighted by Crippen LogP contribution is -2.05. The van der Waals surface area contributed by atoms with Crippen LogP contribution in [0.25, 0.3) is 22.4 Å². The van der Waals surface area contributed by atoms with Gasteiger partial charge in [0.25, 0.3) is 0 Å². The second kappa shape index (κ2) is 6.95. The third kappa shape index (κ3) is 3.15. The minimum Gasteiger partial charge on any atom is -0.324 e. The highest BCUT2D eigenvalue weighted by molar-refractivity contribution is 5.76. The molecule has 0 saturated heterocycles. The number of hydrogen-bond acceptors (Lipinski definition) is 5. The van der Waals surface area contributed by atoms with Gasteiger partial charge in [0.15, 0.2) is 11.6 Å². The van der Waals surface area contributed by atoms with E-state index in [1.165, 1.54) is 6.07 Å². The van der Waals surface area contributed by atoms with Crippen LogP contribution >= 0.6 is 0 Å². The monoisotopic (exact) mass is 348 g/mol. The van der Waals surface area contributed by atoms with Crippen molar-refractivity contribution in [2.45, 2.75) is 26.3 Å². The average molecular weight is 348 g/mol. The molecule has 0 saturated carbocycles. The van der Waals surface area contributed by atoms with Gasteiger partial charge in [-0.3, -0.25) is 4.98 Å². The van der Waals surface area contributed by atoms with Gasteiger partial charge in [0, 0.05) is 42.8 Å². The van der Waals surface area contributed by atoms with Gasteiger partial charge in [0.1, 0.15) is 11.5 Å². The molecule has 0 aliphatic carbocycles. The molecule has 7 heteroatoms. The zero-order chi connectivity index (χ0) is 17.9. The van der Waals surface area contributed by atoms with Crippen LogP contribution in [-0.4, -0.2) is 29.5 Å². The van der Waals surface area contributed by atoms with Crippen LogP contribution in [0.15, 0.2) is 49.2 Å². The molecule has 0 aliphatic heterocycles. The lowest BCUT2D eigenvalue weighted by molar-refractivity contribution is 0.621. The Labute approximate surface area is 149 Å². The van der Waals surface area contributed by atoms with Gasteiger partial charge >= 0.3 is 0 Å². The molecule has 26 heavy (non-hydrogen) atoms. The third-order valence-electron chi connectivity index (χ3n) is 4.06. The SMILES string of the molecule is CCCc1ncc2cnc(Cn3ccnc3-c3ncccc3F)cc2n1. The van der Waals surface area contributed by atoms with Crippen molar-refractivity contribution in [2.75, 3.05) is 0 Å². The maximum absolute atomic E-state index is 14.0. The second-order valence-corrected chi connectivity index (χ2v) is 5.98. The molecule has 0 radical (unpaired) electrons. The van der Waals surface area contributed by atoms with E-state index in [0.717, 1.165) is 35.3 Å². The summed E-state index contributed by atoms with van der Waals surface area (Å²) in [5.74, 6) is 0.902. The Kier molecular flexibility index (Phi) is 4.35. The highest BCUT2D eigenvalue weighted by Gasteiger charge is 2.13. The molecule has 0 N–H and O–H groups in total. The quantitative estimate of drug-likeness (QED) is 0.553. The topological polar surface area (TPSA) is 69.4 Å². The molecule has 0 bridgehead atoms. The van der Waals surface area contributed by atoms with E-state index < -0.39 is 5.82 Å². The maximum Gasteiger partial charge on any atom is 0.162 e. The molecule has 4 aromatic rings. The predicted octanol–water partition coefficient (Wildman–Crippen LogP) is 3.42. The van der Waals surface area contributed by atoms with Gasteiger partial charge in [0.05, 0.1) is 17.8 Å². The average Bonchev–Trinajstić information content (AvgIpc) is 3.10. The summed E-state index contributed by atoms with van der Waals surface area (Å²) in [6, 6.07) is 4.88. The number of pyridine rings is 2. The Morgan fingerprint density at radius 3 is 2.81 bits per heavy atom. The van der Waals surface area contributed by atoms with Crippen LogP contribution in [-0.2, 0) is 13.0 Å². The van der Waals surface area contributed by atoms with Crippen LogP contribution in [0.3, 0.4) is 0 Å². The summed E-state index contributed by atoms with van der Waals surface area (Å²) in [7, 11) is 0. The number of imidazole rings is 1. The Hall–Kier alpha value is -3.22. The lowest BCUT2D eigenvalue weighted by Gasteiger charge is -2.08. The molecule has 0 spiro atoms. The number of halogens is 1. The van der Waals surface area contributed by atoms with E-state index in [1.807, 2.05) is 10.6 Å². The van der Waals surface area contributed by atoms with E-state index in [1.54, 1.807) is 37.1 Å². The summed E-state index contributed by atoms with van der Waals surface area (Å²) in [4.78, 5) is 21.8.